The van der Waals surface area contributed by atoms with E-state index in [0.29, 0.717) is 29.9 Å². The van der Waals surface area contributed by atoms with Crippen LogP contribution in [0.4, 0.5) is 11.4 Å². The fourth-order valence-electron chi connectivity index (χ4n) is 3.30. The highest BCUT2D eigenvalue weighted by Gasteiger charge is 2.18. The summed E-state index contributed by atoms with van der Waals surface area (Å²) < 4.78 is 34.1. The number of nitrogens with one attached hydrogen (secondary N) is 2. The van der Waals surface area contributed by atoms with Gasteiger partial charge in [0.15, 0.2) is 0 Å². The molecule has 0 aromatic heterocycles. The third-order valence-corrected chi connectivity index (χ3v) is 6.19. The van der Waals surface area contributed by atoms with E-state index in [1.165, 1.54) is 6.92 Å². The van der Waals surface area contributed by atoms with Crippen molar-refractivity contribution in [3.05, 3.63) is 60.7 Å². The molecule has 0 heterocycles. The molecule has 0 aliphatic carbocycles. The number of sulfonamides is 1. The van der Waals surface area contributed by atoms with Gasteiger partial charge in [0.2, 0.25) is 15.9 Å². The largest absolute Gasteiger partial charge is 0.493 e. The van der Waals surface area contributed by atoms with Gasteiger partial charge in [-0.2, -0.15) is 0 Å². The van der Waals surface area contributed by atoms with Gasteiger partial charge in [0.05, 0.1) is 11.5 Å². The SMILES string of the molecule is CC(=O)Nc1cccc(OCCCNS(=O)(=O)c2cccc3c(N(C)C)cccc23)c1. The van der Waals surface area contributed by atoms with E-state index >= 15 is 0 Å². The number of carbonyl (C=O) groups excluding carboxylic acids is 1. The van der Waals surface area contributed by atoms with Gasteiger partial charge in [-0.3, -0.25) is 4.79 Å². The van der Waals surface area contributed by atoms with E-state index in [2.05, 4.69) is 10.0 Å². The van der Waals surface area contributed by atoms with Crippen LogP contribution in [0.25, 0.3) is 10.8 Å². The van der Waals surface area contributed by atoms with Gasteiger partial charge >= 0.3 is 0 Å². The van der Waals surface area contributed by atoms with Gasteiger partial charge in [-0.25, -0.2) is 13.1 Å². The Bertz CT molecular complexity index is 1180. The van der Waals surface area contributed by atoms with Crippen LogP contribution in [-0.2, 0) is 14.8 Å². The maximum absolute atomic E-state index is 12.9. The van der Waals surface area contributed by atoms with E-state index in [4.69, 9.17) is 4.74 Å². The number of amides is 1. The Morgan fingerprint density at radius 1 is 1.00 bits per heavy atom. The number of hydrogen-bond acceptors (Lipinski definition) is 5. The molecule has 0 radical (unpaired) electrons. The number of rotatable bonds is 9. The predicted octanol–water partition coefficient (Wildman–Crippen LogP) is 3.61. The average Bonchev–Trinajstić information content (AvgIpc) is 2.72. The maximum atomic E-state index is 12.9. The number of anilines is 2. The van der Waals surface area contributed by atoms with E-state index in [1.807, 2.05) is 43.3 Å². The molecule has 0 saturated carbocycles. The number of nitrogens with zero attached hydrogens (tertiary/aromatic N) is 1. The van der Waals surface area contributed by atoms with Crippen LogP contribution < -0.4 is 19.7 Å². The first-order valence-corrected chi connectivity index (χ1v) is 11.5. The highest BCUT2D eigenvalue weighted by Crippen LogP contribution is 2.30. The summed E-state index contributed by atoms with van der Waals surface area (Å²) in [4.78, 5) is 13.4. The minimum absolute atomic E-state index is 0.155. The average molecular weight is 442 g/mol. The molecule has 0 spiro atoms. The molecule has 0 bridgehead atoms. The number of benzene rings is 3. The Kier molecular flexibility index (Phi) is 7.14. The summed E-state index contributed by atoms with van der Waals surface area (Å²) in [6.45, 7) is 2.03. The minimum atomic E-state index is -3.67. The van der Waals surface area contributed by atoms with Crippen LogP contribution >= 0.6 is 0 Å². The van der Waals surface area contributed by atoms with Crippen LogP contribution in [0.3, 0.4) is 0 Å². The summed E-state index contributed by atoms with van der Waals surface area (Å²) >= 11 is 0. The molecule has 7 nitrogen and oxygen atoms in total. The van der Waals surface area contributed by atoms with Crippen molar-refractivity contribution in [2.24, 2.45) is 0 Å². The first kappa shape index (κ1) is 22.6. The molecular formula is C23H27N3O4S. The van der Waals surface area contributed by atoms with Gasteiger partial charge in [0.1, 0.15) is 5.75 Å². The molecule has 0 saturated heterocycles. The molecule has 3 aromatic carbocycles. The van der Waals surface area contributed by atoms with Crippen LogP contribution in [0.15, 0.2) is 65.6 Å². The maximum Gasteiger partial charge on any atom is 0.241 e. The topological polar surface area (TPSA) is 87.7 Å². The molecule has 3 rings (SSSR count). The van der Waals surface area contributed by atoms with Crippen molar-refractivity contribution in [1.82, 2.24) is 4.72 Å². The zero-order chi connectivity index (χ0) is 22.4. The Morgan fingerprint density at radius 2 is 1.71 bits per heavy atom. The van der Waals surface area contributed by atoms with Crippen molar-refractivity contribution in [2.75, 3.05) is 37.5 Å². The first-order valence-electron chi connectivity index (χ1n) is 9.97. The van der Waals surface area contributed by atoms with Crippen molar-refractivity contribution in [3.8, 4) is 5.75 Å². The molecule has 8 heteroatoms. The van der Waals surface area contributed by atoms with Gasteiger partial charge in [0.25, 0.3) is 0 Å². The zero-order valence-electron chi connectivity index (χ0n) is 17.9. The summed E-state index contributed by atoms with van der Waals surface area (Å²) in [6.07, 6.45) is 0.497. The lowest BCUT2D eigenvalue weighted by atomic mass is 10.1. The normalized spacial score (nSPS) is 11.3. The second kappa shape index (κ2) is 9.80. The Hall–Kier alpha value is -3.10. The van der Waals surface area contributed by atoms with Crippen molar-refractivity contribution in [3.63, 3.8) is 0 Å². The van der Waals surface area contributed by atoms with Gasteiger partial charge < -0.3 is 15.0 Å². The third-order valence-electron chi connectivity index (χ3n) is 4.67. The molecule has 0 aliphatic rings. The fourth-order valence-corrected chi connectivity index (χ4v) is 4.60. The van der Waals surface area contributed by atoms with E-state index < -0.39 is 10.0 Å². The summed E-state index contributed by atoms with van der Waals surface area (Å²) in [6, 6.07) is 18.0. The lowest BCUT2D eigenvalue weighted by Gasteiger charge is -2.17. The fraction of sp³-hybridized carbons (Fsp3) is 0.261. The summed E-state index contributed by atoms with van der Waals surface area (Å²) in [5.74, 6) is 0.456. The quantitative estimate of drug-likeness (QED) is 0.495. The summed E-state index contributed by atoms with van der Waals surface area (Å²) in [5, 5.41) is 4.27. The van der Waals surface area contributed by atoms with Crippen LogP contribution in [-0.4, -0.2) is 41.6 Å². The van der Waals surface area contributed by atoms with Crippen LogP contribution in [0.2, 0.25) is 0 Å². The van der Waals surface area contributed by atoms with Crippen molar-refractivity contribution >= 4 is 38.1 Å². The molecule has 0 aliphatic heterocycles. The Morgan fingerprint density at radius 3 is 2.45 bits per heavy atom. The lowest BCUT2D eigenvalue weighted by molar-refractivity contribution is -0.114. The predicted molar refractivity (Wildman–Crippen MR) is 124 cm³/mol. The van der Waals surface area contributed by atoms with Crippen LogP contribution in [0.5, 0.6) is 5.75 Å². The number of carbonyl (C=O) groups is 1. The van der Waals surface area contributed by atoms with E-state index in [-0.39, 0.29) is 17.3 Å². The van der Waals surface area contributed by atoms with Crippen molar-refractivity contribution in [1.29, 1.82) is 0 Å². The molecule has 3 aromatic rings. The highest BCUT2D eigenvalue weighted by molar-refractivity contribution is 7.89. The number of ether oxygens (including phenoxy) is 1. The molecule has 2 N–H and O–H groups in total. The van der Waals surface area contributed by atoms with Gasteiger partial charge in [-0.1, -0.05) is 30.3 Å². The molecular weight excluding hydrogens is 414 g/mol. The van der Waals surface area contributed by atoms with Crippen molar-refractivity contribution < 1.29 is 17.9 Å². The summed E-state index contributed by atoms with van der Waals surface area (Å²) in [5.41, 5.74) is 1.61. The second-order valence-electron chi connectivity index (χ2n) is 7.33. The van der Waals surface area contributed by atoms with Gasteiger partial charge in [-0.05, 0) is 30.7 Å². The first-order chi connectivity index (χ1) is 14.8. The molecule has 1 amide bonds. The van der Waals surface area contributed by atoms with Crippen molar-refractivity contribution in [2.45, 2.75) is 18.2 Å². The minimum Gasteiger partial charge on any atom is -0.493 e. The second-order valence-corrected chi connectivity index (χ2v) is 9.07. The van der Waals surface area contributed by atoms with Gasteiger partial charge in [0, 0.05) is 55.8 Å². The smallest absolute Gasteiger partial charge is 0.241 e. The van der Waals surface area contributed by atoms with E-state index in [0.717, 1.165) is 11.1 Å². The van der Waals surface area contributed by atoms with E-state index in [1.54, 1.807) is 36.4 Å². The monoisotopic (exact) mass is 441 g/mol. The molecule has 31 heavy (non-hydrogen) atoms. The number of hydrogen-bond donors (Lipinski definition) is 2. The molecule has 164 valence electrons. The lowest BCUT2D eigenvalue weighted by Crippen LogP contribution is -2.26. The van der Waals surface area contributed by atoms with E-state index in [9.17, 15) is 13.2 Å². The third kappa shape index (κ3) is 5.74. The Balaban J connectivity index is 1.61. The molecule has 0 fully saturated rings. The summed E-state index contributed by atoms with van der Waals surface area (Å²) in [7, 11) is 0.195. The molecule has 0 unspecified atom stereocenters. The van der Waals surface area contributed by atoms with Crippen LogP contribution in [0, 0.1) is 0 Å². The molecule has 0 atom stereocenters. The number of fused-ring (bicyclic) bond motifs is 1. The van der Waals surface area contributed by atoms with Gasteiger partial charge in [-0.15, -0.1) is 0 Å². The standard InChI is InChI=1S/C23H27N3O4S/c1-17(27)25-18-8-4-9-19(16-18)30-15-7-14-24-31(28,29)23-13-6-10-20-21(23)11-5-12-22(20)26(2)3/h4-6,8-13,16,24H,7,14-15H2,1-3H3,(H,25,27). The van der Waals surface area contributed by atoms with Crippen LogP contribution in [0.1, 0.15) is 13.3 Å². The Labute approximate surface area is 183 Å². The zero-order valence-corrected chi connectivity index (χ0v) is 18.7. The highest BCUT2D eigenvalue weighted by atomic mass is 32.2.